The number of hydrogen-bond acceptors (Lipinski definition) is 7. The zero-order valence-electron chi connectivity index (χ0n) is 15.6. The van der Waals surface area contributed by atoms with Crippen LogP contribution in [0.3, 0.4) is 0 Å². The first-order chi connectivity index (χ1) is 12.3. The molecule has 1 heterocycles. The van der Waals surface area contributed by atoms with Crippen LogP contribution < -0.4 is 0 Å². The van der Waals surface area contributed by atoms with Gasteiger partial charge in [-0.25, -0.2) is 0 Å². The average Bonchev–Trinajstić information content (AvgIpc) is 2.84. The summed E-state index contributed by atoms with van der Waals surface area (Å²) >= 11 is 0. The molecule has 26 heavy (non-hydrogen) atoms. The van der Waals surface area contributed by atoms with E-state index in [2.05, 4.69) is 0 Å². The van der Waals surface area contributed by atoms with Gasteiger partial charge in [0.1, 0.15) is 11.7 Å². The van der Waals surface area contributed by atoms with Gasteiger partial charge in [-0.15, -0.1) is 0 Å². The van der Waals surface area contributed by atoms with Gasteiger partial charge in [-0.2, -0.15) is 0 Å². The number of ether oxygens (including phenoxy) is 4. The second-order valence-electron chi connectivity index (χ2n) is 7.34. The highest BCUT2D eigenvalue weighted by molar-refractivity contribution is 5.68. The lowest BCUT2D eigenvalue weighted by Gasteiger charge is -2.52. The molecule has 1 saturated carbocycles. The van der Waals surface area contributed by atoms with Crippen molar-refractivity contribution in [3.05, 3.63) is 12.2 Å². The van der Waals surface area contributed by atoms with Crippen LogP contribution in [0.2, 0.25) is 0 Å². The Labute approximate surface area is 153 Å². The lowest BCUT2D eigenvalue weighted by Crippen LogP contribution is -2.67. The van der Waals surface area contributed by atoms with Gasteiger partial charge in [-0.05, 0) is 12.8 Å². The number of fused-ring (bicyclic) bond motifs is 1. The maximum Gasteiger partial charge on any atom is 0.303 e. The Morgan fingerprint density at radius 2 is 1.62 bits per heavy atom. The second-order valence-corrected chi connectivity index (χ2v) is 7.34. The highest BCUT2D eigenvalue weighted by Gasteiger charge is 2.67. The summed E-state index contributed by atoms with van der Waals surface area (Å²) in [4.78, 5) is 35.3. The number of hydrogen-bond donors (Lipinski definition) is 0. The van der Waals surface area contributed by atoms with Crippen LogP contribution in [0.4, 0.5) is 0 Å². The Kier molecular flexibility index (Phi) is 5.10. The molecule has 1 saturated heterocycles. The van der Waals surface area contributed by atoms with Crippen LogP contribution in [0, 0.1) is 11.8 Å². The van der Waals surface area contributed by atoms with Crippen molar-refractivity contribution < 1.29 is 33.3 Å². The molecule has 7 heteroatoms. The van der Waals surface area contributed by atoms with Gasteiger partial charge in [0.2, 0.25) is 0 Å². The van der Waals surface area contributed by atoms with Crippen molar-refractivity contribution in [1.82, 2.24) is 0 Å². The molecule has 0 aromatic carbocycles. The molecule has 2 bridgehead atoms. The van der Waals surface area contributed by atoms with Crippen LogP contribution in [-0.2, 0) is 33.3 Å². The molecule has 0 amide bonds. The van der Waals surface area contributed by atoms with E-state index in [9.17, 15) is 14.4 Å². The fraction of sp³-hybridized carbons (Fsp3) is 0.737. The molecular weight excluding hydrogens is 340 g/mol. The molecule has 3 aliphatic rings. The van der Waals surface area contributed by atoms with Crippen molar-refractivity contribution in [2.24, 2.45) is 11.8 Å². The van der Waals surface area contributed by atoms with Crippen molar-refractivity contribution in [1.29, 1.82) is 0 Å². The molecule has 2 unspecified atom stereocenters. The van der Waals surface area contributed by atoms with Gasteiger partial charge in [0, 0.05) is 32.6 Å². The summed E-state index contributed by atoms with van der Waals surface area (Å²) in [6.45, 7) is 5.96. The Hall–Kier alpha value is -1.89. The van der Waals surface area contributed by atoms with Gasteiger partial charge in [0.15, 0.2) is 12.2 Å². The molecule has 0 aromatic heterocycles. The van der Waals surface area contributed by atoms with Crippen molar-refractivity contribution in [3.63, 3.8) is 0 Å². The molecule has 0 aromatic rings. The van der Waals surface area contributed by atoms with Gasteiger partial charge in [-0.1, -0.05) is 25.5 Å². The Morgan fingerprint density at radius 3 is 2.19 bits per heavy atom. The van der Waals surface area contributed by atoms with Crippen LogP contribution in [-0.4, -0.2) is 47.9 Å². The fourth-order valence-corrected chi connectivity index (χ4v) is 4.92. The maximum absolute atomic E-state index is 11.8. The molecule has 0 spiro atoms. The molecule has 144 valence electrons. The van der Waals surface area contributed by atoms with Crippen molar-refractivity contribution in [2.75, 3.05) is 0 Å². The summed E-state index contributed by atoms with van der Waals surface area (Å²) in [5.74, 6) is -1.60. The van der Waals surface area contributed by atoms with E-state index in [1.165, 1.54) is 20.8 Å². The summed E-state index contributed by atoms with van der Waals surface area (Å²) in [6, 6.07) is 0. The number of carbonyl (C=O) groups is 3. The number of esters is 3. The first-order valence-corrected chi connectivity index (χ1v) is 9.16. The predicted octanol–water partition coefficient (Wildman–Crippen LogP) is 1.93. The first kappa shape index (κ1) is 18.9. The molecule has 0 N–H and O–H groups in total. The molecule has 1 aliphatic heterocycles. The van der Waals surface area contributed by atoms with Crippen molar-refractivity contribution >= 4 is 17.9 Å². The van der Waals surface area contributed by atoms with Gasteiger partial charge < -0.3 is 18.9 Å². The van der Waals surface area contributed by atoms with Crippen LogP contribution in [0.25, 0.3) is 0 Å². The molecular formula is C19H26O7. The van der Waals surface area contributed by atoms with E-state index in [4.69, 9.17) is 18.9 Å². The molecule has 2 fully saturated rings. The SMILES string of the molecule is CCC[C@]12O[C@H]3C=CC(C1C3)[C@@H](OC(C)=O)[C@@H](OC(C)=O)[C@@H]2OC(C)=O. The Morgan fingerprint density at radius 1 is 1.00 bits per heavy atom. The molecule has 3 rings (SSSR count). The van der Waals surface area contributed by atoms with Crippen LogP contribution >= 0.6 is 0 Å². The lowest BCUT2D eigenvalue weighted by molar-refractivity contribution is -0.245. The molecule has 2 aliphatic carbocycles. The molecule has 7 nitrogen and oxygen atoms in total. The Bertz CT molecular complexity index is 627. The number of carbonyl (C=O) groups excluding carboxylic acids is 3. The van der Waals surface area contributed by atoms with Crippen LogP contribution in [0.1, 0.15) is 47.0 Å². The third kappa shape index (κ3) is 3.13. The van der Waals surface area contributed by atoms with E-state index in [0.717, 1.165) is 12.8 Å². The standard InChI is InChI=1S/C19H26O7/c1-5-8-19-15-9-13(26-19)6-7-14(15)16(23-10(2)20)17(24-11(3)21)18(19)25-12(4)22/h6-7,13-18H,5,8-9H2,1-4H3/t13-,14?,15?,16+,17+,18-,19-/m0/s1. The zero-order chi connectivity index (χ0) is 19.1. The van der Waals surface area contributed by atoms with Crippen molar-refractivity contribution in [2.45, 2.75) is 77.0 Å². The predicted molar refractivity (Wildman–Crippen MR) is 89.9 cm³/mol. The summed E-state index contributed by atoms with van der Waals surface area (Å²) < 4.78 is 23.1. The second kappa shape index (κ2) is 7.02. The normalized spacial score (nSPS) is 40.0. The number of rotatable bonds is 5. The van der Waals surface area contributed by atoms with E-state index in [-0.39, 0.29) is 17.9 Å². The third-order valence-corrected chi connectivity index (χ3v) is 5.52. The average molecular weight is 366 g/mol. The van der Waals surface area contributed by atoms with E-state index in [1.54, 1.807) is 0 Å². The molecule has 7 atom stereocenters. The van der Waals surface area contributed by atoms with E-state index >= 15 is 0 Å². The van der Waals surface area contributed by atoms with Crippen LogP contribution in [0.15, 0.2) is 12.2 Å². The summed E-state index contributed by atoms with van der Waals surface area (Å²) in [7, 11) is 0. The largest absolute Gasteiger partial charge is 0.458 e. The highest BCUT2D eigenvalue weighted by Crippen LogP contribution is 2.56. The summed E-state index contributed by atoms with van der Waals surface area (Å²) in [6.07, 6.45) is 3.69. The first-order valence-electron chi connectivity index (χ1n) is 9.16. The quantitative estimate of drug-likeness (QED) is 0.417. The van der Waals surface area contributed by atoms with E-state index in [1.807, 2.05) is 19.1 Å². The van der Waals surface area contributed by atoms with Crippen LogP contribution in [0.5, 0.6) is 0 Å². The highest BCUT2D eigenvalue weighted by atomic mass is 16.6. The minimum absolute atomic E-state index is 0.0259. The van der Waals surface area contributed by atoms with Crippen molar-refractivity contribution in [3.8, 4) is 0 Å². The van der Waals surface area contributed by atoms with E-state index in [0.29, 0.717) is 6.42 Å². The monoisotopic (exact) mass is 366 g/mol. The minimum atomic E-state index is -0.908. The van der Waals surface area contributed by atoms with Gasteiger partial charge >= 0.3 is 17.9 Å². The summed E-state index contributed by atoms with van der Waals surface area (Å²) in [5.41, 5.74) is -0.754. The third-order valence-electron chi connectivity index (χ3n) is 5.52. The maximum atomic E-state index is 11.8. The molecule has 0 radical (unpaired) electrons. The van der Waals surface area contributed by atoms with Gasteiger partial charge in [0.05, 0.1) is 6.10 Å². The minimum Gasteiger partial charge on any atom is -0.458 e. The Balaban J connectivity index is 2.09. The van der Waals surface area contributed by atoms with Gasteiger partial charge in [0.25, 0.3) is 0 Å². The summed E-state index contributed by atoms with van der Waals surface area (Å²) in [5, 5.41) is 0. The van der Waals surface area contributed by atoms with Gasteiger partial charge in [-0.3, -0.25) is 14.4 Å². The van der Waals surface area contributed by atoms with E-state index < -0.39 is 41.8 Å². The fourth-order valence-electron chi connectivity index (χ4n) is 4.92. The smallest absolute Gasteiger partial charge is 0.303 e. The zero-order valence-corrected chi connectivity index (χ0v) is 15.6. The lowest BCUT2D eigenvalue weighted by atomic mass is 9.61. The topological polar surface area (TPSA) is 88.1 Å².